The lowest BCUT2D eigenvalue weighted by Crippen LogP contribution is -2.06. The molecule has 1 N–H and O–H groups in total. The van der Waals surface area contributed by atoms with Crippen molar-refractivity contribution in [1.29, 1.82) is 0 Å². The fourth-order valence-electron chi connectivity index (χ4n) is 2.25. The van der Waals surface area contributed by atoms with Crippen LogP contribution in [-0.2, 0) is 4.74 Å². The van der Waals surface area contributed by atoms with Gasteiger partial charge in [-0.25, -0.2) is 9.78 Å². The van der Waals surface area contributed by atoms with Crippen LogP contribution in [0.1, 0.15) is 17.3 Å². The van der Waals surface area contributed by atoms with Crippen molar-refractivity contribution >= 4 is 50.4 Å². The van der Waals surface area contributed by atoms with Crippen LogP contribution in [0.25, 0.3) is 21.8 Å². The van der Waals surface area contributed by atoms with Gasteiger partial charge in [-0.2, -0.15) is 0 Å². The highest BCUT2D eigenvalue weighted by molar-refractivity contribution is 14.1. The summed E-state index contributed by atoms with van der Waals surface area (Å²) in [7, 11) is 0. The predicted molar refractivity (Wildman–Crippen MR) is 89.6 cm³/mol. The molecule has 0 fully saturated rings. The number of carbonyl (C=O) groups excluding carboxylic acids is 1. The number of carbonyl (C=O) groups is 1. The van der Waals surface area contributed by atoms with Gasteiger partial charge < -0.3 is 9.84 Å². The molecule has 1 aromatic heterocycles. The van der Waals surface area contributed by atoms with Crippen LogP contribution in [0.2, 0.25) is 0 Å². The van der Waals surface area contributed by atoms with E-state index in [2.05, 4.69) is 27.6 Å². The Morgan fingerprint density at radius 3 is 2.86 bits per heavy atom. The molecule has 5 heteroatoms. The Hall–Kier alpha value is -1.89. The quantitative estimate of drug-likeness (QED) is 0.408. The average molecular weight is 393 g/mol. The van der Waals surface area contributed by atoms with Gasteiger partial charge in [-0.1, -0.05) is 0 Å². The maximum Gasteiger partial charge on any atom is 0.340 e. The fraction of sp³-hybridized carbons (Fsp3) is 0.125. The van der Waals surface area contributed by atoms with Gasteiger partial charge >= 0.3 is 5.97 Å². The number of fused-ring (bicyclic) bond motifs is 2. The summed E-state index contributed by atoms with van der Waals surface area (Å²) >= 11 is 2.22. The lowest BCUT2D eigenvalue weighted by Gasteiger charge is -2.08. The number of hydrogen-bond acceptors (Lipinski definition) is 4. The summed E-state index contributed by atoms with van der Waals surface area (Å²) < 4.78 is 6.13. The first kappa shape index (κ1) is 14.1. The van der Waals surface area contributed by atoms with Crippen LogP contribution in [0, 0.1) is 3.57 Å². The van der Waals surface area contributed by atoms with E-state index >= 15 is 0 Å². The standard InChI is InChI=1S/C16H12INO3/c1-2-21-16(20)11-4-6-14(19)12-8-9-7-10(17)3-5-13(9)18-15(11)12/h3-8,19H,2H2,1H3. The van der Waals surface area contributed by atoms with Gasteiger partial charge in [0.25, 0.3) is 0 Å². The maximum atomic E-state index is 12.0. The molecular weight excluding hydrogens is 381 g/mol. The van der Waals surface area contributed by atoms with E-state index in [1.54, 1.807) is 13.0 Å². The summed E-state index contributed by atoms with van der Waals surface area (Å²) in [6, 6.07) is 10.7. The zero-order valence-electron chi connectivity index (χ0n) is 11.3. The third-order valence-electron chi connectivity index (χ3n) is 3.21. The zero-order chi connectivity index (χ0) is 15.0. The molecule has 106 valence electrons. The van der Waals surface area contributed by atoms with Crippen LogP contribution in [0.3, 0.4) is 0 Å². The van der Waals surface area contributed by atoms with Crippen LogP contribution in [0.15, 0.2) is 36.4 Å². The lowest BCUT2D eigenvalue weighted by atomic mass is 10.1. The Morgan fingerprint density at radius 1 is 1.29 bits per heavy atom. The topological polar surface area (TPSA) is 59.4 Å². The van der Waals surface area contributed by atoms with Crippen LogP contribution in [0.5, 0.6) is 5.75 Å². The number of rotatable bonds is 2. The number of esters is 1. The number of ether oxygens (including phenoxy) is 1. The monoisotopic (exact) mass is 393 g/mol. The number of aromatic nitrogens is 1. The number of nitrogens with zero attached hydrogens (tertiary/aromatic N) is 1. The second kappa shape index (κ2) is 5.48. The van der Waals surface area contributed by atoms with E-state index in [1.807, 2.05) is 24.3 Å². The van der Waals surface area contributed by atoms with Gasteiger partial charge in [0.15, 0.2) is 0 Å². The van der Waals surface area contributed by atoms with Crippen LogP contribution >= 0.6 is 22.6 Å². The third-order valence-corrected chi connectivity index (χ3v) is 3.88. The molecule has 0 spiro atoms. The van der Waals surface area contributed by atoms with Crippen molar-refractivity contribution in [2.45, 2.75) is 6.92 Å². The molecular formula is C16H12INO3. The van der Waals surface area contributed by atoms with Crippen molar-refractivity contribution in [3.05, 3.63) is 45.5 Å². The van der Waals surface area contributed by atoms with E-state index in [0.717, 1.165) is 14.5 Å². The highest BCUT2D eigenvalue weighted by Crippen LogP contribution is 2.30. The molecule has 0 aliphatic rings. The first-order valence-corrected chi connectivity index (χ1v) is 7.57. The van der Waals surface area contributed by atoms with Gasteiger partial charge in [-0.3, -0.25) is 0 Å². The Morgan fingerprint density at radius 2 is 2.10 bits per heavy atom. The van der Waals surface area contributed by atoms with Gasteiger partial charge in [0.1, 0.15) is 5.75 Å². The summed E-state index contributed by atoms with van der Waals surface area (Å²) in [5.41, 5.74) is 1.60. The molecule has 0 saturated carbocycles. The fourth-order valence-corrected chi connectivity index (χ4v) is 2.77. The second-order valence-corrected chi connectivity index (χ2v) is 5.82. The minimum absolute atomic E-state index is 0.103. The first-order valence-electron chi connectivity index (χ1n) is 6.49. The number of halogens is 1. The molecule has 0 aliphatic heterocycles. The number of aromatic hydroxyl groups is 1. The average Bonchev–Trinajstić information content (AvgIpc) is 2.46. The molecule has 0 saturated heterocycles. The molecule has 0 atom stereocenters. The molecule has 3 rings (SSSR count). The molecule has 0 radical (unpaired) electrons. The van der Waals surface area contributed by atoms with Crippen LogP contribution in [0.4, 0.5) is 0 Å². The van der Waals surface area contributed by atoms with Crippen molar-refractivity contribution in [1.82, 2.24) is 4.98 Å². The van der Waals surface area contributed by atoms with Crippen LogP contribution in [-0.4, -0.2) is 22.7 Å². The van der Waals surface area contributed by atoms with E-state index in [-0.39, 0.29) is 5.75 Å². The molecule has 3 aromatic rings. The van der Waals surface area contributed by atoms with Gasteiger partial charge in [0.2, 0.25) is 0 Å². The molecule has 0 aliphatic carbocycles. The Kier molecular flexibility index (Phi) is 3.67. The largest absolute Gasteiger partial charge is 0.507 e. The third kappa shape index (κ3) is 2.53. The second-order valence-electron chi connectivity index (χ2n) is 4.57. The minimum atomic E-state index is -0.431. The van der Waals surface area contributed by atoms with E-state index in [0.29, 0.717) is 23.1 Å². The predicted octanol–water partition coefficient (Wildman–Crippen LogP) is 3.87. The van der Waals surface area contributed by atoms with Gasteiger partial charge in [-0.15, -0.1) is 0 Å². The number of benzene rings is 2. The van der Waals surface area contributed by atoms with Crippen molar-refractivity contribution in [2.24, 2.45) is 0 Å². The molecule has 0 bridgehead atoms. The zero-order valence-corrected chi connectivity index (χ0v) is 13.4. The van der Waals surface area contributed by atoms with E-state index in [9.17, 15) is 9.90 Å². The Labute approximate surface area is 134 Å². The molecule has 4 nitrogen and oxygen atoms in total. The highest BCUT2D eigenvalue weighted by atomic mass is 127. The van der Waals surface area contributed by atoms with Crippen molar-refractivity contribution < 1.29 is 14.6 Å². The number of hydrogen-bond donors (Lipinski definition) is 1. The summed E-state index contributed by atoms with van der Waals surface area (Å²) in [6.07, 6.45) is 0. The van der Waals surface area contributed by atoms with Crippen molar-refractivity contribution in [2.75, 3.05) is 6.61 Å². The molecule has 2 aromatic carbocycles. The smallest absolute Gasteiger partial charge is 0.340 e. The number of pyridine rings is 1. The summed E-state index contributed by atoms with van der Waals surface area (Å²) in [6.45, 7) is 2.05. The van der Waals surface area contributed by atoms with E-state index in [1.165, 1.54) is 6.07 Å². The Bertz CT molecular complexity index is 861. The van der Waals surface area contributed by atoms with Gasteiger partial charge in [0.05, 0.1) is 23.2 Å². The normalized spacial score (nSPS) is 11.0. The Balaban J connectivity index is 2.34. The van der Waals surface area contributed by atoms with Gasteiger partial charge in [-0.05, 0) is 65.9 Å². The molecule has 1 heterocycles. The number of phenols is 1. The van der Waals surface area contributed by atoms with E-state index < -0.39 is 5.97 Å². The maximum absolute atomic E-state index is 12.0. The van der Waals surface area contributed by atoms with Gasteiger partial charge in [0, 0.05) is 14.3 Å². The van der Waals surface area contributed by atoms with Crippen molar-refractivity contribution in [3.63, 3.8) is 0 Å². The first-order chi connectivity index (χ1) is 10.1. The van der Waals surface area contributed by atoms with Crippen molar-refractivity contribution in [3.8, 4) is 5.75 Å². The summed E-state index contributed by atoms with van der Waals surface area (Å²) in [5.74, 6) is -0.328. The highest BCUT2D eigenvalue weighted by Gasteiger charge is 2.15. The van der Waals surface area contributed by atoms with Crippen LogP contribution < -0.4 is 0 Å². The molecule has 0 unspecified atom stereocenters. The minimum Gasteiger partial charge on any atom is -0.507 e. The number of phenolic OH excluding ortho intramolecular Hbond substituents is 1. The lowest BCUT2D eigenvalue weighted by molar-refractivity contribution is 0.0528. The molecule has 21 heavy (non-hydrogen) atoms. The summed E-state index contributed by atoms with van der Waals surface area (Å²) in [4.78, 5) is 16.5. The summed E-state index contributed by atoms with van der Waals surface area (Å²) in [5, 5.41) is 11.5. The molecule has 0 amide bonds. The SMILES string of the molecule is CCOC(=O)c1ccc(O)c2cc3cc(I)ccc3nc12. The van der Waals surface area contributed by atoms with E-state index in [4.69, 9.17) is 4.74 Å².